The molecule has 0 saturated heterocycles. The molecule has 3 rings (SSSR count). The van der Waals surface area contributed by atoms with E-state index >= 15 is 0 Å². The average Bonchev–Trinajstić information content (AvgIpc) is 2.68. The first-order valence-corrected chi connectivity index (χ1v) is 6.18. The molecule has 0 amide bonds. The maximum atomic E-state index is 11.9. The van der Waals surface area contributed by atoms with E-state index in [1.54, 1.807) is 0 Å². The van der Waals surface area contributed by atoms with Gasteiger partial charge in [0.1, 0.15) is 0 Å². The van der Waals surface area contributed by atoms with Gasteiger partial charge in [0.2, 0.25) is 0 Å². The Hall–Kier alpha value is 0.01000. The third-order valence-corrected chi connectivity index (χ3v) is 7.51. The summed E-state index contributed by atoms with van der Waals surface area (Å²) in [6.07, 6.45) is 6.68. The zero-order valence-electron chi connectivity index (χ0n) is 6.44. The lowest BCUT2D eigenvalue weighted by Gasteiger charge is -2.28. The molecule has 0 radical (unpaired) electrons. The zero-order chi connectivity index (χ0) is 9.48. The molecule has 70 valence electrons. The quantitative estimate of drug-likeness (QED) is 0.474. The molecule has 2 heterocycles. The second-order valence-corrected chi connectivity index (χ2v) is 7.73. The molecule has 13 heavy (non-hydrogen) atoms. The van der Waals surface area contributed by atoms with E-state index in [1.807, 2.05) is 12.2 Å². The van der Waals surface area contributed by atoms with Crippen molar-refractivity contribution in [3.63, 3.8) is 0 Å². The number of allylic oxidation sites excluding steroid dienone is 2. The van der Waals surface area contributed by atoms with Gasteiger partial charge < -0.3 is 0 Å². The van der Waals surface area contributed by atoms with Crippen LogP contribution in [0.4, 0.5) is 0 Å². The molecule has 0 N–H and O–H groups in total. The molecule has 1 aliphatic carbocycles. The third kappa shape index (κ3) is 0.621. The molecule has 0 unspecified atom stereocenters. The summed E-state index contributed by atoms with van der Waals surface area (Å²) < 4.78 is 21.3. The summed E-state index contributed by atoms with van der Waals surface area (Å²) in [6.45, 7) is 0. The molecule has 0 aromatic heterocycles. The number of rotatable bonds is 0. The minimum absolute atomic E-state index is 0.0789. The smallest absolute Gasteiger partial charge is 0.198 e. The summed E-state index contributed by atoms with van der Waals surface area (Å²) in [4.78, 5) is 0. The van der Waals surface area contributed by atoms with Crippen LogP contribution in [0.1, 0.15) is 0 Å². The van der Waals surface area contributed by atoms with Crippen LogP contribution < -0.4 is 0 Å². The fourth-order valence-corrected chi connectivity index (χ4v) is 5.67. The van der Waals surface area contributed by atoms with Gasteiger partial charge in [-0.05, 0) is 12.2 Å². The van der Waals surface area contributed by atoms with Crippen molar-refractivity contribution in [2.75, 3.05) is 0 Å². The van der Waals surface area contributed by atoms with E-state index < -0.39 is 18.2 Å². The van der Waals surface area contributed by atoms with Crippen LogP contribution in [0.3, 0.4) is 0 Å². The number of hydrogen-bond donors (Lipinski definition) is 0. The van der Waals surface area contributed by atoms with Crippen molar-refractivity contribution in [3.05, 3.63) is 24.3 Å². The van der Waals surface area contributed by atoms with E-state index in [2.05, 4.69) is 0 Å². The molecule has 1 fully saturated rings. The van der Waals surface area contributed by atoms with Gasteiger partial charge in [-0.1, -0.05) is 23.8 Å². The highest BCUT2D eigenvalue weighted by atomic mass is 35.5. The van der Waals surface area contributed by atoms with Crippen LogP contribution in [-0.4, -0.2) is 16.8 Å². The highest BCUT2D eigenvalue weighted by Gasteiger charge is 2.77. The SMILES string of the molecule is O=S1(=O)C2(Cl)C=C[C@@H]3[C@@H](C=C2)C31Cl. The Morgan fingerprint density at radius 1 is 1.08 bits per heavy atom. The normalized spacial score (nSPS) is 59.2. The topological polar surface area (TPSA) is 34.1 Å². The van der Waals surface area contributed by atoms with Crippen LogP contribution in [0, 0.1) is 11.8 Å². The Morgan fingerprint density at radius 3 is 1.92 bits per heavy atom. The third-order valence-electron chi connectivity index (χ3n) is 3.07. The van der Waals surface area contributed by atoms with Crippen molar-refractivity contribution in [2.45, 2.75) is 8.41 Å². The maximum Gasteiger partial charge on any atom is 0.198 e. The minimum Gasteiger partial charge on any atom is -0.224 e. The fourth-order valence-electron chi connectivity index (χ4n) is 2.19. The van der Waals surface area contributed by atoms with E-state index in [9.17, 15) is 8.42 Å². The Kier molecular flexibility index (Phi) is 1.19. The van der Waals surface area contributed by atoms with Crippen LogP contribution in [0.2, 0.25) is 0 Å². The number of sulfone groups is 1. The van der Waals surface area contributed by atoms with Crippen LogP contribution in [0.15, 0.2) is 24.3 Å². The van der Waals surface area contributed by atoms with Crippen LogP contribution >= 0.6 is 23.2 Å². The molecule has 2 aliphatic heterocycles. The van der Waals surface area contributed by atoms with Gasteiger partial charge in [0.15, 0.2) is 18.2 Å². The van der Waals surface area contributed by atoms with Crippen molar-refractivity contribution in [1.29, 1.82) is 0 Å². The lowest BCUT2D eigenvalue weighted by Crippen LogP contribution is -2.41. The highest BCUT2D eigenvalue weighted by Crippen LogP contribution is 2.69. The molecule has 5 heteroatoms. The Balaban J connectivity index is 2.41. The van der Waals surface area contributed by atoms with Crippen molar-refractivity contribution in [3.8, 4) is 0 Å². The average molecular weight is 237 g/mol. The van der Waals surface area contributed by atoms with E-state index in [1.165, 1.54) is 12.2 Å². The lowest BCUT2D eigenvalue weighted by molar-refractivity contribution is 0.579. The minimum atomic E-state index is -3.47. The van der Waals surface area contributed by atoms with Crippen molar-refractivity contribution < 1.29 is 8.42 Å². The predicted octanol–water partition coefficient (Wildman–Crippen LogP) is 1.66. The first-order valence-electron chi connectivity index (χ1n) is 3.94. The van der Waals surface area contributed by atoms with Crippen LogP contribution in [0.5, 0.6) is 0 Å². The van der Waals surface area contributed by atoms with E-state index in [0.29, 0.717) is 0 Å². The van der Waals surface area contributed by atoms with Gasteiger partial charge in [0.05, 0.1) is 0 Å². The Bertz CT molecular complexity index is 429. The van der Waals surface area contributed by atoms with E-state index in [-0.39, 0.29) is 11.8 Å². The first-order chi connectivity index (χ1) is 5.93. The fraction of sp³-hybridized carbons (Fsp3) is 0.500. The summed E-state index contributed by atoms with van der Waals surface area (Å²) >= 11 is 12.0. The molecule has 0 aromatic carbocycles. The Morgan fingerprint density at radius 2 is 1.54 bits per heavy atom. The summed E-state index contributed by atoms with van der Waals surface area (Å²) in [6, 6.07) is 0. The monoisotopic (exact) mass is 236 g/mol. The van der Waals surface area contributed by atoms with Gasteiger partial charge in [0.25, 0.3) is 0 Å². The van der Waals surface area contributed by atoms with E-state index in [0.717, 1.165) is 0 Å². The molecule has 2 atom stereocenters. The van der Waals surface area contributed by atoms with Crippen molar-refractivity contribution in [2.24, 2.45) is 11.8 Å². The summed E-state index contributed by atoms with van der Waals surface area (Å²) in [5.74, 6) is -0.158. The molecule has 2 nitrogen and oxygen atoms in total. The number of alkyl halides is 2. The van der Waals surface area contributed by atoms with Gasteiger partial charge in [0, 0.05) is 11.8 Å². The molecule has 2 bridgehead atoms. The predicted molar refractivity (Wildman–Crippen MR) is 51.3 cm³/mol. The first kappa shape index (κ1) is 8.33. The standard InChI is InChI=1S/C8H6Cl2O2S/c9-7-3-1-5-6(2-4-7)8(5,10)13(7,11)12/h1-6H/t5-,6-,7?,8?/m1/s1. The van der Waals surface area contributed by atoms with Gasteiger partial charge in [-0.3, -0.25) is 0 Å². The summed E-state index contributed by atoms with van der Waals surface area (Å²) in [5.41, 5.74) is 0. The Labute approximate surface area is 86.1 Å². The molecule has 3 aliphatic rings. The second kappa shape index (κ2) is 1.86. The molecule has 1 saturated carbocycles. The number of fused-ring (bicyclic) bond motifs is 2. The van der Waals surface area contributed by atoms with Gasteiger partial charge in [-0.15, -0.1) is 11.6 Å². The maximum absolute atomic E-state index is 11.9. The number of halogens is 2. The van der Waals surface area contributed by atoms with Crippen LogP contribution in [-0.2, 0) is 9.84 Å². The largest absolute Gasteiger partial charge is 0.224 e. The molecular weight excluding hydrogens is 231 g/mol. The van der Waals surface area contributed by atoms with Gasteiger partial charge in [-0.2, -0.15) is 0 Å². The summed E-state index contributed by atoms with van der Waals surface area (Å²) in [5, 5.41) is 0. The van der Waals surface area contributed by atoms with Crippen LogP contribution in [0.25, 0.3) is 0 Å². The van der Waals surface area contributed by atoms with Gasteiger partial charge in [-0.25, -0.2) is 8.42 Å². The second-order valence-electron chi connectivity index (χ2n) is 3.67. The number of hydrogen-bond acceptors (Lipinski definition) is 2. The molecular formula is C8H6Cl2O2S. The summed E-state index contributed by atoms with van der Waals surface area (Å²) in [7, 11) is -3.47. The molecule has 0 spiro atoms. The van der Waals surface area contributed by atoms with Gasteiger partial charge >= 0.3 is 0 Å². The highest BCUT2D eigenvalue weighted by molar-refractivity contribution is 7.97. The van der Waals surface area contributed by atoms with E-state index in [4.69, 9.17) is 23.2 Å². The van der Waals surface area contributed by atoms with Crippen molar-refractivity contribution in [1.82, 2.24) is 0 Å². The zero-order valence-corrected chi connectivity index (χ0v) is 8.77. The molecule has 0 aromatic rings. The van der Waals surface area contributed by atoms with Crippen molar-refractivity contribution >= 4 is 33.0 Å². The lowest BCUT2D eigenvalue weighted by atomic mass is 10.3.